The lowest BCUT2D eigenvalue weighted by molar-refractivity contribution is 0.110. The van der Waals surface area contributed by atoms with Gasteiger partial charge < -0.3 is 14.8 Å². The lowest BCUT2D eigenvalue weighted by atomic mass is 10.2. The summed E-state index contributed by atoms with van der Waals surface area (Å²) in [5, 5.41) is 3.28. The Morgan fingerprint density at radius 3 is 3.06 bits per heavy atom. The summed E-state index contributed by atoms with van der Waals surface area (Å²) in [5.41, 5.74) is 0.918. The van der Waals surface area contributed by atoms with Crippen molar-refractivity contribution >= 4 is 0 Å². The van der Waals surface area contributed by atoms with Gasteiger partial charge in [0.15, 0.2) is 11.6 Å². The molecule has 0 saturated carbocycles. The van der Waals surface area contributed by atoms with Crippen molar-refractivity contribution in [2.24, 2.45) is 0 Å². The first-order valence-electron chi connectivity index (χ1n) is 5.94. The van der Waals surface area contributed by atoms with E-state index in [0.717, 1.165) is 31.6 Å². The monoisotopic (exact) mass is 239 g/mol. The molecule has 4 heteroatoms. The van der Waals surface area contributed by atoms with Gasteiger partial charge in [0.2, 0.25) is 0 Å². The first kappa shape index (κ1) is 12.3. The molecule has 1 atom stereocenters. The second kappa shape index (κ2) is 5.98. The van der Waals surface area contributed by atoms with Gasteiger partial charge in [0.05, 0.1) is 13.2 Å². The highest BCUT2D eigenvalue weighted by molar-refractivity contribution is 5.29. The molecule has 0 bridgehead atoms. The summed E-state index contributed by atoms with van der Waals surface area (Å²) in [4.78, 5) is 0. The number of rotatable bonds is 5. The van der Waals surface area contributed by atoms with E-state index in [2.05, 4.69) is 5.32 Å². The highest BCUT2D eigenvalue weighted by Gasteiger charge is 2.14. The highest BCUT2D eigenvalue weighted by atomic mass is 19.1. The summed E-state index contributed by atoms with van der Waals surface area (Å²) in [6.07, 6.45) is 2.58. The van der Waals surface area contributed by atoms with E-state index >= 15 is 0 Å². The van der Waals surface area contributed by atoms with Gasteiger partial charge in [-0.05, 0) is 30.5 Å². The Labute approximate surface area is 101 Å². The Morgan fingerprint density at radius 2 is 2.41 bits per heavy atom. The van der Waals surface area contributed by atoms with Gasteiger partial charge in [-0.15, -0.1) is 0 Å². The van der Waals surface area contributed by atoms with Crippen molar-refractivity contribution in [3.05, 3.63) is 29.6 Å². The zero-order valence-corrected chi connectivity index (χ0v) is 10.0. The SMILES string of the molecule is COc1ccc(CNCC2CCCO2)cc1F. The van der Waals surface area contributed by atoms with Crippen LogP contribution in [0.3, 0.4) is 0 Å². The summed E-state index contributed by atoms with van der Waals surface area (Å²) < 4.78 is 23.8. The molecule has 3 nitrogen and oxygen atoms in total. The van der Waals surface area contributed by atoms with E-state index in [1.807, 2.05) is 6.07 Å². The number of hydrogen-bond acceptors (Lipinski definition) is 3. The molecule has 1 fully saturated rings. The topological polar surface area (TPSA) is 30.5 Å². The van der Waals surface area contributed by atoms with Crippen LogP contribution in [0.2, 0.25) is 0 Å². The van der Waals surface area contributed by atoms with Gasteiger partial charge in [-0.25, -0.2) is 4.39 Å². The lowest BCUT2D eigenvalue weighted by Gasteiger charge is -2.11. The van der Waals surface area contributed by atoms with E-state index in [9.17, 15) is 4.39 Å². The minimum Gasteiger partial charge on any atom is -0.494 e. The smallest absolute Gasteiger partial charge is 0.165 e. The van der Waals surface area contributed by atoms with Gasteiger partial charge >= 0.3 is 0 Å². The standard InChI is InChI=1S/C13H18FNO2/c1-16-13-5-4-10(7-12(13)14)8-15-9-11-3-2-6-17-11/h4-5,7,11,15H,2-3,6,8-9H2,1H3. The first-order chi connectivity index (χ1) is 8.29. The number of methoxy groups -OCH3 is 1. The zero-order valence-electron chi connectivity index (χ0n) is 10.0. The Hall–Kier alpha value is -1.13. The molecular weight excluding hydrogens is 221 g/mol. The van der Waals surface area contributed by atoms with Crippen molar-refractivity contribution in [2.75, 3.05) is 20.3 Å². The average Bonchev–Trinajstić information content (AvgIpc) is 2.82. The van der Waals surface area contributed by atoms with Crippen molar-refractivity contribution in [1.29, 1.82) is 0 Å². The van der Waals surface area contributed by atoms with Crippen molar-refractivity contribution in [2.45, 2.75) is 25.5 Å². The molecule has 1 heterocycles. The molecule has 0 aromatic heterocycles. The van der Waals surface area contributed by atoms with Crippen LogP contribution in [-0.4, -0.2) is 26.4 Å². The second-order valence-corrected chi connectivity index (χ2v) is 4.23. The molecular formula is C13H18FNO2. The summed E-state index contributed by atoms with van der Waals surface area (Å²) in [6.45, 7) is 2.35. The van der Waals surface area contributed by atoms with Gasteiger partial charge in [0.1, 0.15) is 0 Å². The summed E-state index contributed by atoms with van der Waals surface area (Å²) in [7, 11) is 1.47. The molecule has 2 rings (SSSR count). The number of halogens is 1. The molecule has 94 valence electrons. The predicted molar refractivity (Wildman–Crippen MR) is 63.6 cm³/mol. The zero-order chi connectivity index (χ0) is 12.1. The number of ether oxygens (including phenoxy) is 2. The Balaban J connectivity index is 1.80. The maximum Gasteiger partial charge on any atom is 0.165 e. The van der Waals surface area contributed by atoms with E-state index in [1.54, 1.807) is 6.07 Å². The van der Waals surface area contributed by atoms with E-state index in [4.69, 9.17) is 9.47 Å². The van der Waals surface area contributed by atoms with E-state index in [-0.39, 0.29) is 11.6 Å². The van der Waals surface area contributed by atoms with Crippen LogP contribution in [0.1, 0.15) is 18.4 Å². The third-order valence-electron chi connectivity index (χ3n) is 2.94. The van der Waals surface area contributed by atoms with Crippen LogP contribution in [0.4, 0.5) is 4.39 Å². The highest BCUT2D eigenvalue weighted by Crippen LogP contribution is 2.17. The van der Waals surface area contributed by atoms with Gasteiger partial charge in [-0.1, -0.05) is 6.07 Å². The minimum absolute atomic E-state index is 0.285. The number of hydrogen-bond donors (Lipinski definition) is 1. The molecule has 1 aliphatic rings. The van der Waals surface area contributed by atoms with Crippen LogP contribution in [0, 0.1) is 5.82 Å². The quantitative estimate of drug-likeness (QED) is 0.853. The van der Waals surface area contributed by atoms with Crippen LogP contribution in [-0.2, 0) is 11.3 Å². The van der Waals surface area contributed by atoms with Crippen LogP contribution in [0.5, 0.6) is 5.75 Å². The number of benzene rings is 1. The largest absolute Gasteiger partial charge is 0.494 e. The summed E-state index contributed by atoms with van der Waals surface area (Å²) in [6, 6.07) is 5.02. The van der Waals surface area contributed by atoms with Crippen LogP contribution in [0.15, 0.2) is 18.2 Å². The van der Waals surface area contributed by atoms with Crippen LogP contribution in [0.25, 0.3) is 0 Å². The summed E-state index contributed by atoms with van der Waals surface area (Å²) in [5.74, 6) is -0.0307. The number of nitrogens with one attached hydrogen (secondary N) is 1. The van der Waals surface area contributed by atoms with Crippen molar-refractivity contribution in [1.82, 2.24) is 5.32 Å². The molecule has 1 unspecified atom stereocenters. The fourth-order valence-corrected chi connectivity index (χ4v) is 2.00. The average molecular weight is 239 g/mol. The summed E-state index contributed by atoms with van der Waals surface area (Å²) >= 11 is 0. The van der Waals surface area contributed by atoms with Crippen molar-refractivity contribution in [3.63, 3.8) is 0 Å². The fourth-order valence-electron chi connectivity index (χ4n) is 2.00. The maximum atomic E-state index is 13.4. The molecule has 0 amide bonds. The molecule has 0 radical (unpaired) electrons. The van der Waals surface area contributed by atoms with E-state index < -0.39 is 0 Å². The Kier molecular flexibility index (Phi) is 4.34. The third-order valence-corrected chi connectivity index (χ3v) is 2.94. The first-order valence-corrected chi connectivity index (χ1v) is 5.94. The lowest BCUT2D eigenvalue weighted by Crippen LogP contribution is -2.25. The van der Waals surface area contributed by atoms with E-state index in [0.29, 0.717) is 12.6 Å². The van der Waals surface area contributed by atoms with Gasteiger partial charge in [0.25, 0.3) is 0 Å². The van der Waals surface area contributed by atoms with Crippen LogP contribution < -0.4 is 10.1 Å². The van der Waals surface area contributed by atoms with Crippen molar-refractivity contribution < 1.29 is 13.9 Å². The molecule has 1 saturated heterocycles. The predicted octanol–water partition coefficient (Wildman–Crippen LogP) is 2.10. The van der Waals surface area contributed by atoms with Gasteiger partial charge in [0, 0.05) is 19.7 Å². The fraction of sp³-hybridized carbons (Fsp3) is 0.538. The van der Waals surface area contributed by atoms with E-state index in [1.165, 1.54) is 13.2 Å². The van der Waals surface area contributed by atoms with Crippen molar-refractivity contribution in [3.8, 4) is 5.75 Å². The van der Waals surface area contributed by atoms with Crippen LogP contribution >= 0.6 is 0 Å². The third kappa shape index (κ3) is 3.41. The molecule has 1 aromatic carbocycles. The second-order valence-electron chi connectivity index (χ2n) is 4.23. The molecule has 17 heavy (non-hydrogen) atoms. The molecule has 0 aliphatic carbocycles. The molecule has 0 spiro atoms. The maximum absolute atomic E-state index is 13.4. The van der Waals surface area contributed by atoms with Gasteiger partial charge in [-0.2, -0.15) is 0 Å². The Bertz CT molecular complexity index is 364. The molecule has 1 aliphatic heterocycles. The van der Waals surface area contributed by atoms with Gasteiger partial charge in [-0.3, -0.25) is 0 Å². The normalized spacial score (nSPS) is 19.5. The minimum atomic E-state index is -0.316. The Morgan fingerprint density at radius 1 is 1.53 bits per heavy atom. The molecule has 1 aromatic rings. The molecule has 1 N–H and O–H groups in total.